The number of alkyl halides is 3. The van der Waals surface area contributed by atoms with Crippen LogP contribution < -0.4 is 10.6 Å². The summed E-state index contributed by atoms with van der Waals surface area (Å²) in [7, 11) is 0. The minimum atomic E-state index is -1.68. The highest BCUT2D eigenvalue weighted by atomic mass is 35.6. The van der Waals surface area contributed by atoms with Crippen LogP contribution >= 0.6 is 58.2 Å². The molecule has 0 spiro atoms. The van der Waals surface area contributed by atoms with E-state index in [9.17, 15) is 9.59 Å². The van der Waals surface area contributed by atoms with Crippen molar-refractivity contribution in [3.05, 3.63) is 29.3 Å². The van der Waals surface area contributed by atoms with E-state index >= 15 is 0 Å². The zero-order valence-electron chi connectivity index (χ0n) is 14.7. The first-order valence-corrected chi connectivity index (χ1v) is 11.0. The number of halogens is 4. The first kappa shape index (κ1) is 23.5. The summed E-state index contributed by atoms with van der Waals surface area (Å²) in [5.41, 5.74) is 0. The molecule has 0 heterocycles. The summed E-state index contributed by atoms with van der Waals surface area (Å²) in [5, 5.41) is 15.0. The molecular weight excluding hydrogens is 470 g/mol. The fourth-order valence-corrected chi connectivity index (χ4v) is 4.41. The van der Waals surface area contributed by atoms with Crippen LogP contribution in [-0.2, 0) is 4.74 Å². The second kappa shape index (κ2) is 10.9. The van der Waals surface area contributed by atoms with E-state index in [1.165, 1.54) is 0 Å². The van der Waals surface area contributed by atoms with Gasteiger partial charge in [0, 0.05) is 27.8 Å². The van der Waals surface area contributed by atoms with E-state index in [0.29, 0.717) is 30.0 Å². The molecule has 1 fully saturated rings. The van der Waals surface area contributed by atoms with Crippen LogP contribution in [0.5, 0.6) is 0 Å². The third kappa shape index (κ3) is 8.74. The highest BCUT2D eigenvalue weighted by molar-refractivity contribution is 7.99. The summed E-state index contributed by atoms with van der Waals surface area (Å²) in [6.45, 7) is -0.358. The number of rotatable bonds is 6. The highest BCUT2D eigenvalue weighted by Gasteiger charge is 2.33. The number of carbonyl (C=O) groups is 2. The molecule has 156 valence electrons. The zero-order chi connectivity index (χ0) is 20.7. The summed E-state index contributed by atoms with van der Waals surface area (Å²) < 4.78 is 3.27. The Balaban J connectivity index is 1.96. The van der Waals surface area contributed by atoms with Crippen molar-refractivity contribution in [2.75, 3.05) is 12.4 Å². The molecule has 0 bridgehead atoms. The Hall–Kier alpha value is -0.730. The lowest BCUT2D eigenvalue weighted by atomic mass is 9.82. The van der Waals surface area contributed by atoms with Crippen molar-refractivity contribution in [3.8, 4) is 0 Å². The molecule has 1 aromatic carbocycles. The number of thioether (sulfide) groups is 1. The predicted molar refractivity (Wildman–Crippen MR) is 113 cm³/mol. The quantitative estimate of drug-likeness (QED) is 0.371. The fourth-order valence-electron chi connectivity index (χ4n) is 3.02. The molecule has 6 nitrogen and oxygen atoms in total. The summed E-state index contributed by atoms with van der Waals surface area (Å²) in [5.74, 6) is 0.723. The number of nitrogens with one attached hydrogen (secondary N) is 2. The van der Waals surface area contributed by atoms with Crippen molar-refractivity contribution < 1.29 is 19.4 Å². The van der Waals surface area contributed by atoms with Gasteiger partial charge in [0.15, 0.2) is 0 Å². The van der Waals surface area contributed by atoms with Crippen LogP contribution in [0.2, 0.25) is 5.02 Å². The fraction of sp³-hybridized carbons (Fsp3) is 0.529. The van der Waals surface area contributed by atoms with Crippen LogP contribution in [-0.4, -0.2) is 45.5 Å². The topological polar surface area (TPSA) is 87.7 Å². The Morgan fingerprint density at radius 2 is 1.86 bits per heavy atom. The van der Waals surface area contributed by atoms with Gasteiger partial charge in [-0.2, -0.15) is 0 Å². The van der Waals surface area contributed by atoms with E-state index in [0.717, 1.165) is 4.90 Å². The lowest BCUT2D eigenvalue weighted by molar-refractivity contribution is 0.132. The predicted octanol–water partition coefficient (Wildman–Crippen LogP) is 5.33. The molecule has 2 rings (SSSR count). The third-order valence-electron chi connectivity index (χ3n) is 4.26. The molecule has 0 aromatic heterocycles. The van der Waals surface area contributed by atoms with Gasteiger partial charge >= 0.3 is 12.2 Å². The standard InChI is InChI=1S/C17H20Cl4N2O4S/c18-11-1-4-13(5-2-11)28-8-10-7-12(22-15(24)25)3-6-14(10)23-16(26)27-9-17(19,20)21/h1-2,4-5,10,12,14,22H,3,6-9H2,(H,23,26)(H,24,25)/t10-,12+,14-/m0/s1. The third-order valence-corrected chi connectivity index (χ3v) is 6.04. The molecule has 0 saturated heterocycles. The zero-order valence-corrected chi connectivity index (χ0v) is 18.5. The van der Waals surface area contributed by atoms with Gasteiger partial charge in [-0.15, -0.1) is 11.8 Å². The Morgan fingerprint density at radius 1 is 1.18 bits per heavy atom. The molecule has 11 heteroatoms. The molecule has 1 aliphatic carbocycles. The molecule has 0 unspecified atom stereocenters. The monoisotopic (exact) mass is 488 g/mol. The van der Waals surface area contributed by atoms with Crippen LogP contribution in [0.3, 0.4) is 0 Å². The van der Waals surface area contributed by atoms with Crippen LogP contribution in [0.15, 0.2) is 29.2 Å². The number of amides is 2. The molecular formula is C17H20Cl4N2O4S. The summed E-state index contributed by atoms with van der Waals surface area (Å²) in [4.78, 5) is 24.0. The molecule has 0 aliphatic heterocycles. The number of ether oxygens (including phenoxy) is 1. The number of carbonyl (C=O) groups excluding carboxylic acids is 1. The molecule has 1 saturated carbocycles. The number of carboxylic acid groups (broad SMARTS) is 1. The van der Waals surface area contributed by atoms with Crippen molar-refractivity contribution in [2.45, 2.75) is 40.0 Å². The van der Waals surface area contributed by atoms with Crippen LogP contribution in [0.4, 0.5) is 9.59 Å². The van der Waals surface area contributed by atoms with E-state index in [4.69, 9.17) is 56.2 Å². The second-order valence-corrected chi connectivity index (χ2v) is 10.5. The maximum atomic E-state index is 12.0. The Labute approximate surface area is 187 Å². The van der Waals surface area contributed by atoms with Gasteiger partial charge in [0.1, 0.15) is 6.61 Å². The largest absolute Gasteiger partial charge is 0.465 e. The van der Waals surface area contributed by atoms with E-state index in [-0.39, 0.29) is 24.6 Å². The van der Waals surface area contributed by atoms with Crippen molar-refractivity contribution in [2.24, 2.45) is 5.92 Å². The smallest absolute Gasteiger partial charge is 0.407 e. The number of alkyl carbamates (subject to hydrolysis) is 1. The van der Waals surface area contributed by atoms with Crippen molar-refractivity contribution >= 4 is 70.4 Å². The molecule has 2 amide bonds. The van der Waals surface area contributed by atoms with E-state index in [1.54, 1.807) is 11.8 Å². The van der Waals surface area contributed by atoms with Gasteiger partial charge in [-0.25, -0.2) is 9.59 Å². The van der Waals surface area contributed by atoms with Gasteiger partial charge in [0.05, 0.1) is 0 Å². The Morgan fingerprint density at radius 3 is 2.46 bits per heavy atom. The van der Waals surface area contributed by atoms with Gasteiger partial charge in [0.2, 0.25) is 3.79 Å². The lowest BCUT2D eigenvalue weighted by Gasteiger charge is -2.36. The van der Waals surface area contributed by atoms with E-state index < -0.39 is 16.0 Å². The Bertz CT molecular complexity index is 672. The van der Waals surface area contributed by atoms with Crippen LogP contribution in [0, 0.1) is 5.92 Å². The second-order valence-electron chi connectivity index (χ2n) is 6.43. The average molecular weight is 490 g/mol. The maximum Gasteiger partial charge on any atom is 0.407 e. The average Bonchev–Trinajstić information content (AvgIpc) is 2.60. The van der Waals surface area contributed by atoms with Gasteiger partial charge < -0.3 is 20.5 Å². The molecule has 1 aromatic rings. The number of benzene rings is 1. The summed E-state index contributed by atoms with van der Waals surface area (Å²) in [6, 6.07) is 7.12. The first-order chi connectivity index (χ1) is 13.1. The van der Waals surface area contributed by atoms with E-state index in [1.807, 2.05) is 24.3 Å². The summed E-state index contributed by atoms with van der Waals surface area (Å²) >= 11 is 24.3. The van der Waals surface area contributed by atoms with Crippen LogP contribution in [0.1, 0.15) is 19.3 Å². The highest BCUT2D eigenvalue weighted by Crippen LogP contribution is 2.32. The maximum absolute atomic E-state index is 12.0. The van der Waals surface area contributed by atoms with Crippen molar-refractivity contribution in [3.63, 3.8) is 0 Å². The van der Waals surface area contributed by atoms with Gasteiger partial charge in [-0.3, -0.25) is 0 Å². The Kier molecular flexibility index (Phi) is 9.15. The van der Waals surface area contributed by atoms with Gasteiger partial charge in [-0.05, 0) is 49.4 Å². The van der Waals surface area contributed by atoms with Crippen LogP contribution in [0.25, 0.3) is 0 Å². The minimum absolute atomic E-state index is 0.0339. The van der Waals surface area contributed by atoms with Gasteiger partial charge in [-0.1, -0.05) is 46.4 Å². The summed E-state index contributed by atoms with van der Waals surface area (Å²) in [6.07, 6.45) is 0.108. The number of hydrogen-bond acceptors (Lipinski definition) is 4. The molecule has 3 N–H and O–H groups in total. The molecule has 0 radical (unpaired) electrons. The van der Waals surface area contributed by atoms with Crippen molar-refractivity contribution in [1.29, 1.82) is 0 Å². The van der Waals surface area contributed by atoms with Gasteiger partial charge in [0.25, 0.3) is 0 Å². The SMILES string of the molecule is O=C(O)N[C@@H]1CC[C@H](NC(=O)OCC(Cl)(Cl)Cl)[C@H](CSc2ccc(Cl)cc2)C1. The normalized spacial score (nSPS) is 22.4. The van der Waals surface area contributed by atoms with E-state index in [2.05, 4.69) is 10.6 Å². The molecule has 3 atom stereocenters. The first-order valence-electron chi connectivity index (χ1n) is 8.50. The molecule has 28 heavy (non-hydrogen) atoms. The van der Waals surface area contributed by atoms with Crippen molar-refractivity contribution in [1.82, 2.24) is 10.6 Å². The molecule has 1 aliphatic rings. The number of hydrogen-bond donors (Lipinski definition) is 3. The lowest BCUT2D eigenvalue weighted by Crippen LogP contribution is -2.49. The minimum Gasteiger partial charge on any atom is -0.465 e.